The second-order valence-electron chi connectivity index (χ2n) is 3.64. The zero-order chi connectivity index (χ0) is 8.48. The average molecular weight is 157 g/mol. The van der Waals surface area contributed by atoms with E-state index < -0.39 is 0 Å². The molecule has 0 aromatic heterocycles. The first-order valence-electron chi connectivity index (χ1n) is 3.99. The van der Waals surface area contributed by atoms with Gasteiger partial charge in [0.05, 0.1) is 6.61 Å². The van der Waals surface area contributed by atoms with Crippen LogP contribution in [0.3, 0.4) is 0 Å². The van der Waals surface area contributed by atoms with E-state index in [0.29, 0.717) is 6.61 Å². The second-order valence-corrected chi connectivity index (χ2v) is 3.64. The second kappa shape index (κ2) is 2.81. The Labute approximate surface area is 67.1 Å². The van der Waals surface area contributed by atoms with Crippen LogP contribution in [0.25, 0.3) is 0 Å². The van der Waals surface area contributed by atoms with Crippen LogP contribution >= 0.6 is 0 Å². The Morgan fingerprint density at radius 3 is 2.64 bits per heavy atom. The SMILES string of the molecule is CCONC(=O)C1CC1(C)C. The largest absolute Gasteiger partial charge is 0.274 e. The van der Waals surface area contributed by atoms with Crippen molar-refractivity contribution in [3.63, 3.8) is 0 Å². The van der Waals surface area contributed by atoms with Crippen molar-refractivity contribution >= 4 is 5.91 Å². The van der Waals surface area contributed by atoms with Gasteiger partial charge < -0.3 is 0 Å². The Morgan fingerprint density at radius 2 is 2.27 bits per heavy atom. The highest BCUT2D eigenvalue weighted by molar-refractivity contribution is 5.81. The summed E-state index contributed by atoms with van der Waals surface area (Å²) in [6.07, 6.45) is 0.978. The highest BCUT2D eigenvalue weighted by Gasteiger charge is 2.50. The van der Waals surface area contributed by atoms with Gasteiger partial charge >= 0.3 is 0 Å². The molecule has 0 aromatic rings. The number of carbonyl (C=O) groups is 1. The average Bonchev–Trinajstić information content (AvgIpc) is 2.55. The minimum absolute atomic E-state index is 0.0249. The van der Waals surface area contributed by atoms with Crippen molar-refractivity contribution < 1.29 is 9.63 Å². The van der Waals surface area contributed by atoms with Gasteiger partial charge in [-0.05, 0) is 18.8 Å². The molecule has 1 atom stereocenters. The Kier molecular flexibility index (Phi) is 2.18. The first-order chi connectivity index (χ1) is 5.08. The Morgan fingerprint density at radius 1 is 1.73 bits per heavy atom. The van der Waals surface area contributed by atoms with E-state index in [1.807, 2.05) is 6.92 Å². The molecule has 11 heavy (non-hydrogen) atoms. The van der Waals surface area contributed by atoms with Crippen molar-refractivity contribution in [2.45, 2.75) is 27.2 Å². The first-order valence-corrected chi connectivity index (χ1v) is 3.99. The Bertz CT molecular complexity index is 165. The molecule has 0 aromatic carbocycles. The fourth-order valence-corrected chi connectivity index (χ4v) is 1.13. The third kappa shape index (κ3) is 1.93. The van der Waals surface area contributed by atoms with Crippen molar-refractivity contribution in [2.24, 2.45) is 11.3 Å². The minimum Gasteiger partial charge on any atom is -0.274 e. The lowest BCUT2D eigenvalue weighted by Gasteiger charge is -2.04. The zero-order valence-electron chi connectivity index (χ0n) is 7.31. The Balaban J connectivity index is 2.23. The van der Waals surface area contributed by atoms with Gasteiger partial charge in [0.15, 0.2) is 0 Å². The molecule has 0 heterocycles. The normalized spacial score (nSPS) is 26.3. The molecular weight excluding hydrogens is 142 g/mol. The van der Waals surface area contributed by atoms with E-state index in [9.17, 15) is 4.79 Å². The van der Waals surface area contributed by atoms with Crippen LogP contribution in [0.2, 0.25) is 0 Å². The number of amides is 1. The van der Waals surface area contributed by atoms with E-state index in [-0.39, 0.29) is 17.2 Å². The summed E-state index contributed by atoms with van der Waals surface area (Å²) in [5.41, 5.74) is 2.61. The third-order valence-electron chi connectivity index (χ3n) is 2.15. The van der Waals surface area contributed by atoms with Gasteiger partial charge in [0.25, 0.3) is 0 Å². The highest BCUT2D eigenvalue weighted by atomic mass is 16.6. The number of nitrogens with one attached hydrogen (secondary N) is 1. The molecular formula is C8H15NO2. The molecule has 1 N–H and O–H groups in total. The van der Waals surface area contributed by atoms with E-state index in [2.05, 4.69) is 19.3 Å². The fraction of sp³-hybridized carbons (Fsp3) is 0.875. The number of hydrogen-bond donors (Lipinski definition) is 1. The van der Waals surface area contributed by atoms with Gasteiger partial charge in [-0.3, -0.25) is 9.63 Å². The summed E-state index contributed by atoms with van der Waals surface area (Å²) in [5, 5.41) is 0. The summed E-state index contributed by atoms with van der Waals surface area (Å²) in [4.78, 5) is 15.9. The van der Waals surface area contributed by atoms with Crippen LogP contribution in [0.15, 0.2) is 0 Å². The smallest absolute Gasteiger partial charge is 0.247 e. The molecule has 1 aliphatic carbocycles. The summed E-state index contributed by atoms with van der Waals surface area (Å²) in [6.45, 7) is 6.55. The third-order valence-corrected chi connectivity index (χ3v) is 2.15. The summed E-state index contributed by atoms with van der Waals surface area (Å²) in [5.74, 6) is 0.186. The molecule has 3 nitrogen and oxygen atoms in total. The monoisotopic (exact) mass is 157 g/mol. The molecule has 1 rings (SSSR count). The predicted octanol–water partition coefficient (Wildman–Crippen LogP) is 1.10. The number of hydrogen-bond acceptors (Lipinski definition) is 2. The molecule has 1 fully saturated rings. The highest BCUT2D eigenvalue weighted by Crippen LogP contribution is 2.51. The van der Waals surface area contributed by atoms with Crippen molar-refractivity contribution in [1.29, 1.82) is 0 Å². The van der Waals surface area contributed by atoms with E-state index >= 15 is 0 Å². The first kappa shape index (κ1) is 8.53. The topological polar surface area (TPSA) is 38.3 Å². The molecule has 0 aliphatic heterocycles. The van der Waals surface area contributed by atoms with E-state index in [0.717, 1.165) is 6.42 Å². The number of rotatable bonds is 3. The molecule has 1 amide bonds. The van der Waals surface area contributed by atoms with Crippen LogP contribution in [0.1, 0.15) is 27.2 Å². The van der Waals surface area contributed by atoms with Crippen LogP contribution in [-0.4, -0.2) is 12.5 Å². The quantitative estimate of drug-likeness (QED) is 0.623. The molecule has 64 valence electrons. The van der Waals surface area contributed by atoms with Crippen molar-refractivity contribution in [1.82, 2.24) is 5.48 Å². The van der Waals surface area contributed by atoms with Crippen molar-refractivity contribution in [3.05, 3.63) is 0 Å². The summed E-state index contributed by atoms with van der Waals surface area (Å²) >= 11 is 0. The van der Waals surface area contributed by atoms with Gasteiger partial charge in [-0.15, -0.1) is 0 Å². The van der Waals surface area contributed by atoms with Crippen LogP contribution in [0.5, 0.6) is 0 Å². The molecule has 1 unspecified atom stereocenters. The van der Waals surface area contributed by atoms with E-state index in [1.54, 1.807) is 0 Å². The molecule has 1 aliphatic rings. The lowest BCUT2D eigenvalue weighted by atomic mass is 10.1. The summed E-state index contributed by atoms with van der Waals surface area (Å²) in [7, 11) is 0. The van der Waals surface area contributed by atoms with Gasteiger partial charge in [-0.25, -0.2) is 5.48 Å². The van der Waals surface area contributed by atoms with Crippen molar-refractivity contribution in [2.75, 3.05) is 6.61 Å². The van der Waals surface area contributed by atoms with Crippen LogP contribution in [0.4, 0.5) is 0 Å². The Hall–Kier alpha value is -0.570. The predicted molar refractivity (Wildman–Crippen MR) is 41.7 cm³/mol. The summed E-state index contributed by atoms with van der Waals surface area (Å²) < 4.78 is 0. The van der Waals surface area contributed by atoms with Crippen LogP contribution in [0, 0.1) is 11.3 Å². The lowest BCUT2D eigenvalue weighted by molar-refractivity contribution is -0.135. The maximum absolute atomic E-state index is 11.1. The van der Waals surface area contributed by atoms with Gasteiger partial charge in [0.2, 0.25) is 5.91 Å². The lowest BCUT2D eigenvalue weighted by Crippen LogP contribution is -2.26. The van der Waals surface area contributed by atoms with Crippen molar-refractivity contribution in [3.8, 4) is 0 Å². The molecule has 3 heteroatoms. The van der Waals surface area contributed by atoms with Crippen LogP contribution < -0.4 is 5.48 Å². The van der Waals surface area contributed by atoms with Gasteiger partial charge in [0, 0.05) is 5.92 Å². The molecule has 1 saturated carbocycles. The van der Waals surface area contributed by atoms with Gasteiger partial charge in [-0.1, -0.05) is 13.8 Å². The van der Waals surface area contributed by atoms with Crippen LogP contribution in [-0.2, 0) is 9.63 Å². The number of carbonyl (C=O) groups excluding carboxylic acids is 1. The fourth-order valence-electron chi connectivity index (χ4n) is 1.13. The standard InChI is InChI=1S/C8H15NO2/c1-4-11-9-7(10)6-5-8(6,2)3/h6H,4-5H2,1-3H3,(H,9,10). The van der Waals surface area contributed by atoms with Gasteiger partial charge in [-0.2, -0.15) is 0 Å². The molecule has 0 radical (unpaired) electrons. The zero-order valence-corrected chi connectivity index (χ0v) is 7.31. The van der Waals surface area contributed by atoms with Gasteiger partial charge in [0.1, 0.15) is 0 Å². The maximum atomic E-state index is 11.1. The van der Waals surface area contributed by atoms with E-state index in [4.69, 9.17) is 4.84 Å². The minimum atomic E-state index is 0.0249. The molecule has 0 saturated heterocycles. The number of hydroxylamine groups is 1. The van der Waals surface area contributed by atoms with E-state index in [1.165, 1.54) is 0 Å². The summed E-state index contributed by atoms with van der Waals surface area (Å²) in [6, 6.07) is 0. The maximum Gasteiger partial charge on any atom is 0.247 e. The molecule has 0 spiro atoms. The molecule has 0 bridgehead atoms.